The van der Waals surface area contributed by atoms with Gasteiger partial charge in [-0.05, 0) is 68.2 Å². The van der Waals surface area contributed by atoms with E-state index in [1.807, 2.05) is 12.1 Å². The van der Waals surface area contributed by atoms with Crippen molar-refractivity contribution in [2.75, 3.05) is 5.32 Å². The molecule has 2 heterocycles. The molecule has 2 bridgehead atoms. The predicted octanol–water partition coefficient (Wildman–Crippen LogP) is 3.72. The van der Waals surface area contributed by atoms with E-state index in [-0.39, 0.29) is 36.9 Å². The molecule has 1 aliphatic carbocycles. The first-order valence-corrected chi connectivity index (χ1v) is 9.78. The number of nitrogens with one attached hydrogen (secondary N) is 1. The van der Waals surface area contributed by atoms with Crippen molar-refractivity contribution in [3.05, 3.63) is 29.3 Å². The van der Waals surface area contributed by atoms with Crippen molar-refractivity contribution >= 4 is 11.7 Å². The Morgan fingerprint density at radius 3 is 2.46 bits per heavy atom. The van der Waals surface area contributed by atoms with E-state index in [4.69, 9.17) is 5.73 Å². The molecule has 4 rings (SSSR count). The summed E-state index contributed by atoms with van der Waals surface area (Å²) in [6.07, 6.45) is -2.27. The summed E-state index contributed by atoms with van der Waals surface area (Å²) in [5, 5.41) is 12.9. The largest absolute Gasteiger partial charge is 0.391 e. The van der Waals surface area contributed by atoms with Crippen molar-refractivity contribution in [2.45, 2.75) is 75.4 Å². The standard InChI is InChI=1S/C20H26F3N3O2/c1-19(28)8-12(9-19)17-6-14(3-2-11(17)10-24)25-18(27)26-15-4-13(20(21,22)23)5-16(26)7-15/h2-3,6,12-13,15-16,28H,4-5,7-10,24H2,1H3,(H,25,27)/t12?,13?,15-,16?,19?/m1/s1. The van der Waals surface area contributed by atoms with E-state index in [0.717, 1.165) is 11.1 Å². The first-order valence-electron chi connectivity index (χ1n) is 9.78. The average molecular weight is 397 g/mol. The SMILES string of the molecule is CC1(O)CC(c2cc(NC(=O)N3C4CC(C(F)(F)F)C[C@@H]3C4)ccc2CN)C1. The van der Waals surface area contributed by atoms with Crippen LogP contribution in [-0.2, 0) is 6.54 Å². The molecule has 28 heavy (non-hydrogen) atoms. The summed E-state index contributed by atoms with van der Waals surface area (Å²) in [7, 11) is 0. The molecule has 0 spiro atoms. The van der Waals surface area contributed by atoms with Gasteiger partial charge in [-0.2, -0.15) is 13.2 Å². The van der Waals surface area contributed by atoms with E-state index in [1.165, 1.54) is 0 Å². The van der Waals surface area contributed by atoms with Gasteiger partial charge in [0, 0.05) is 24.3 Å². The van der Waals surface area contributed by atoms with Gasteiger partial charge in [0.2, 0.25) is 0 Å². The number of benzene rings is 1. The Morgan fingerprint density at radius 2 is 1.93 bits per heavy atom. The smallest absolute Gasteiger partial charge is 0.390 e. The lowest BCUT2D eigenvalue weighted by Gasteiger charge is -2.55. The summed E-state index contributed by atoms with van der Waals surface area (Å²) in [5.74, 6) is -1.11. The van der Waals surface area contributed by atoms with Crippen LogP contribution in [0.4, 0.5) is 23.7 Å². The van der Waals surface area contributed by atoms with Crippen LogP contribution in [0.15, 0.2) is 18.2 Å². The van der Waals surface area contributed by atoms with Gasteiger partial charge in [-0.15, -0.1) is 0 Å². The van der Waals surface area contributed by atoms with Crippen LogP contribution in [0.3, 0.4) is 0 Å². The fraction of sp³-hybridized carbons (Fsp3) is 0.650. The summed E-state index contributed by atoms with van der Waals surface area (Å²) in [6, 6.07) is 4.51. The maximum absolute atomic E-state index is 12.9. The third-order valence-corrected chi connectivity index (χ3v) is 6.57. The van der Waals surface area contributed by atoms with Gasteiger partial charge in [-0.3, -0.25) is 0 Å². The molecule has 0 aromatic heterocycles. The maximum Gasteiger partial charge on any atom is 0.391 e. The molecule has 3 atom stereocenters. The Kier molecular flexibility index (Phi) is 4.62. The Morgan fingerprint density at radius 1 is 1.29 bits per heavy atom. The Bertz CT molecular complexity index is 760. The number of hydrogen-bond donors (Lipinski definition) is 3. The topological polar surface area (TPSA) is 78.6 Å². The lowest BCUT2D eigenvalue weighted by atomic mass is 9.68. The number of urea groups is 1. The minimum atomic E-state index is -4.18. The van der Waals surface area contributed by atoms with E-state index in [2.05, 4.69) is 5.32 Å². The van der Waals surface area contributed by atoms with Crippen molar-refractivity contribution in [3.8, 4) is 0 Å². The molecule has 8 heteroatoms. The average Bonchev–Trinajstić information content (AvgIpc) is 2.58. The molecule has 1 saturated carbocycles. The summed E-state index contributed by atoms with van der Waals surface area (Å²) in [4.78, 5) is 14.2. The normalized spacial score (nSPS) is 34.4. The summed E-state index contributed by atoms with van der Waals surface area (Å²) < 4.78 is 38.8. The number of halogens is 3. The molecule has 2 saturated heterocycles. The van der Waals surface area contributed by atoms with Gasteiger partial charge in [0.25, 0.3) is 0 Å². The highest BCUT2D eigenvalue weighted by Gasteiger charge is 2.54. The molecule has 1 aromatic carbocycles. The highest BCUT2D eigenvalue weighted by molar-refractivity contribution is 5.90. The number of rotatable bonds is 3. The molecule has 2 unspecified atom stereocenters. The fourth-order valence-electron chi connectivity index (χ4n) is 5.12. The number of carbonyl (C=O) groups excluding carboxylic acids is 1. The first-order chi connectivity index (χ1) is 13.1. The monoisotopic (exact) mass is 397 g/mol. The molecular weight excluding hydrogens is 371 g/mol. The highest BCUT2D eigenvalue weighted by Crippen LogP contribution is 2.48. The van der Waals surface area contributed by atoms with Gasteiger partial charge < -0.3 is 21.1 Å². The third-order valence-electron chi connectivity index (χ3n) is 6.57. The minimum absolute atomic E-state index is 0.0120. The molecule has 2 aliphatic heterocycles. The summed E-state index contributed by atoms with van der Waals surface area (Å²) in [5.41, 5.74) is 7.77. The van der Waals surface area contributed by atoms with E-state index in [1.54, 1.807) is 17.9 Å². The zero-order valence-electron chi connectivity index (χ0n) is 15.8. The van der Waals surface area contributed by atoms with Gasteiger partial charge in [0.05, 0.1) is 11.5 Å². The molecule has 2 amide bonds. The van der Waals surface area contributed by atoms with Crippen LogP contribution in [0.25, 0.3) is 0 Å². The van der Waals surface area contributed by atoms with Crippen LogP contribution in [0.5, 0.6) is 0 Å². The van der Waals surface area contributed by atoms with Crippen LogP contribution in [-0.4, -0.2) is 39.9 Å². The van der Waals surface area contributed by atoms with Crippen LogP contribution in [0, 0.1) is 5.92 Å². The molecule has 5 nitrogen and oxygen atoms in total. The summed E-state index contributed by atoms with van der Waals surface area (Å²) in [6.45, 7) is 2.17. The van der Waals surface area contributed by atoms with Crippen LogP contribution >= 0.6 is 0 Å². The number of fused-ring (bicyclic) bond motifs is 2. The zero-order chi connectivity index (χ0) is 20.3. The van der Waals surface area contributed by atoms with Gasteiger partial charge in [-0.25, -0.2) is 4.79 Å². The molecule has 154 valence electrons. The van der Waals surface area contributed by atoms with E-state index in [0.29, 0.717) is 31.5 Å². The molecule has 0 radical (unpaired) electrons. The highest BCUT2D eigenvalue weighted by atomic mass is 19.4. The number of nitrogens with zero attached hydrogens (tertiary/aromatic N) is 1. The number of hydrogen-bond acceptors (Lipinski definition) is 3. The first kappa shape index (κ1) is 19.5. The third kappa shape index (κ3) is 3.48. The zero-order valence-corrected chi connectivity index (χ0v) is 15.8. The molecule has 4 N–H and O–H groups in total. The second-order valence-electron chi connectivity index (χ2n) is 8.81. The summed E-state index contributed by atoms with van der Waals surface area (Å²) >= 11 is 0. The van der Waals surface area contributed by atoms with E-state index < -0.39 is 17.7 Å². The second-order valence-corrected chi connectivity index (χ2v) is 8.81. The van der Waals surface area contributed by atoms with Crippen LogP contribution < -0.4 is 11.1 Å². The van der Waals surface area contributed by atoms with Crippen LogP contribution in [0.2, 0.25) is 0 Å². The predicted molar refractivity (Wildman–Crippen MR) is 98.8 cm³/mol. The maximum atomic E-state index is 12.9. The number of amides is 2. The van der Waals surface area contributed by atoms with Crippen molar-refractivity contribution in [1.82, 2.24) is 4.90 Å². The van der Waals surface area contributed by atoms with Gasteiger partial charge >= 0.3 is 12.2 Å². The quantitative estimate of drug-likeness (QED) is 0.727. The Hall–Kier alpha value is -1.80. The van der Waals surface area contributed by atoms with Gasteiger partial charge in [0.1, 0.15) is 0 Å². The second kappa shape index (κ2) is 6.62. The van der Waals surface area contributed by atoms with Gasteiger partial charge in [-0.1, -0.05) is 6.07 Å². The Labute approximate surface area is 162 Å². The molecule has 3 aliphatic rings. The molecule has 1 aromatic rings. The van der Waals surface area contributed by atoms with Crippen molar-refractivity contribution in [2.24, 2.45) is 11.7 Å². The number of aliphatic hydroxyl groups is 1. The van der Waals surface area contributed by atoms with E-state index >= 15 is 0 Å². The van der Waals surface area contributed by atoms with Gasteiger partial charge in [0.15, 0.2) is 0 Å². The fourth-order valence-corrected chi connectivity index (χ4v) is 5.12. The van der Waals surface area contributed by atoms with Crippen LogP contribution in [0.1, 0.15) is 56.1 Å². The van der Waals surface area contributed by atoms with Crippen molar-refractivity contribution < 1.29 is 23.1 Å². The number of anilines is 1. The lowest BCUT2D eigenvalue weighted by Crippen LogP contribution is -2.65. The van der Waals surface area contributed by atoms with Crippen molar-refractivity contribution in [3.63, 3.8) is 0 Å². The molecule has 3 fully saturated rings. The number of nitrogens with two attached hydrogens (primary N) is 1. The lowest BCUT2D eigenvalue weighted by molar-refractivity contribution is -0.205. The number of piperidine rings is 1. The molecular formula is C20H26F3N3O2. The Balaban J connectivity index is 1.43. The van der Waals surface area contributed by atoms with Crippen molar-refractivity contribution in [1.29, 1.82) is 0 Å². The van der Waals surface area contributed by atoms with E-state index in [9.17, 15) is 23.1 Å². The number of alkyl halides is 3. The number of carbonyl (C=O) groups is 1. The minimum Gasteiger partial charge on any atom is -0.390 e.